The average Bonchev–Trinajstić information content (AvgIpc) is 2.69. The van der Waals surface area contributed by atoms with Crippen LogP contribution in [0.1, 0.15) is 28.5 Å². The average molecular weight is 280 g/mol. The molecule has 6 heteroatoms. The van der Waals surface area contributed by atoms with Gasteiger partial charge in [-0.15, -0.1) is 23.1 Å². The Morgan fingerprint density at radius 3 is 2.72 bits per heavy atom. The molecule has 1 atom stereocenters. The first kappa shape index (κ1) is 13.3. The Labute approximate surface area is 115 Å². The molecule has 1 N–H and O–H groups in total. The fourth-order valence-corrected chi connectivity index (χ4v) is 3.08. The highest BCUT2D eigenvalue weighted by molar-refractivity contribution is 7.98. The molecule has 18 heavy (non-hydrogen) atoms. The molecule has 0 bridgehead atoms. The van der Waals surface area contributed by atoms with E-state index in [1.807, 2.05) is 26.2 Å². The van der Waals surface area contributed by atoms with E-state index >= 15 is 0 Å². The Morgan fingerprint density at radius 1 is 1.33 bits per heavy atom. The van der Waals surface area contributed by atoms with Crippen LogP contribution in [-0.2, 0) is 0 Å². The van der Waals surface area contributed by atoms with Crippen LogP contribution in [0.5, 0.6) is 0 Å². The number of rotatable bonds is 4. The van der Waals surface area contributed by atoms with Gasteiger partial charge in [0.1, 0.15) is 17.2 Å². The molecule has 0 spiro atoms. The van der Waals surface area contributed by atoms with Crippen LogP contribution in [0.2, 0.25) is 0 Å². The van der Waals surface area contributed by atoms with Crippen molar-refractivity contribution in [3.8, 4) is 0 Å². The van der Waals surface area contributed by atoms with Crippen LogP contribution >= 0.6 is 23.1 Å². The van der Waals surface area contributed by atoms with Gasteiger partial charge in [0.2, 0.25) is 0 Å². The smallest absolute Gasteiger partial charge is 0.130 e. The molecular weight excluding hydrogens is 264 g/mol. The number of thioether (sulfide) groups is 1. The maximum atomic E-state index is 4.45. The lowest BCUT2D eigenvalue weighted by Gasteiger charge is -2.13. The van der Waals surface area contributed by atoms with E-state index in [2.05, 4.69) is 27.2 Å². The molecule has 0 amide bonds. The summed E-state index contributed by atoms with van der Waals surface area (Å²) in [7, 11) is 0. The minimum atomic E-state index is 0.209. The van der Waals surface area contributed by atoms with Crippen LogP contribution in [0.4, 0.5) is 5.82 Å². The van der Waals surface area contributed by atoms with E-state index in [9.17, 15) is 0 Å². The normalized spacial score (nSPS) is 12.4. The maximum absolute atomic E-state index is 4.45. The molecule has 0 fully saturated rings. The van der Waals surface area contributed by atoms with E-state index in [0.29, 0.717) is 0 Å². The summed E-state index contributed by atoms with van der Waals surface area (Å²) in [5, 5.41) is 5.46. The van der Waals surface area contributed by atoms with E-state index in [-0.39, 0.29) is 6.04 Å². The molecular formula is C12H16N4S2. The first-order valence-corrected chi connectivity index (χ1v) is 7.70. The van der Waals surface area contributed by atoms with Crippen LogP contribution in [0.15, 0.2) is 17.4 Å². The van der Waals surface area contributed by atoms with Crippen molar-refractivity contribution in [2.24, 2.45) is 0 Å². The first-order valence-electron chi connectivity index (χ1n) is 5.66. The van der Waals surface area contributed by atoms with Gasteiger partial charge in [-0.3, -0.25) is 0 Å². The predicted octanol–water partition coefficient (Wildman–Crippen LogP) is 3.44. The number of nitrogens with zero attached hydrogens (tertiary/aromatic N) is 3. The third-order valence-electron chi connectivity index (χ3n) is 2.55. The van der Waals surface area contributed by atoms with Gasteiger partial charge >= 0.3 is 0 Å². The maximum Gasteiger partial charge on any atom is 0.130 e. The van der Waals surface area contributed by atoms with Crippen LogP contribution in [0.3, 0.4) is 0 Å². The monoisotopic (exact) mass is 280 g/mol. The molecule has 1 unspecified atom stereocenters. The number of aromatic nitrogens is 3. The molecule has 2 aromatic rings. The zero-order chi connectivity index (χ0) is 13.1. The molecule has 0 aliphatic carbocycles. The third kappa shape index (κ3) is 3.00. The molecule has 0 aliphatic heterocycles. The minimum absolute atomic E-state index is 0.209. The van der Waals surface area contributed by atoms with E-state index in [0.717, 1.165) is 21.5 Å². The van der Waals surface area contributed by atoms with Gasteiger partial charge in [-0.05, 0) is 27.0 Å². The summed E-state index contributed by atoms with van der Waals surface area (Å²) < 4.78 is 0. The largest absolute Gasteiger partial charge is 0.363 e. The number of nitrogens with one attached hydrogen (secondary N) is 1. The van der Waals surface area contributed by atoms with Crippen LogP contribution in [0.25, 0.3) is 0 Å². The van der Waals surface area contributed by atoms with Crippen LogP contribution in [0, 0.1) is 13.8 Å². The first-order chi connectivity index (χ1) is 8.60. The Balaban J connectivity index is 2.15. The second-order valence-electron chi connectivity index (χ2n) is 3.99. The summed E-state index contributed by atoms with van der Waals surface area (Å²) in [6.45, 7) is 6.20. The van der Waals surface area contributed by atoms with E-state index in [1.54, 1.807) is 29.4 Å². The summed E-state index contributed by atoms with van der Waals surface area (Å²) in [6.07, 6.45) is 3.60. The summed E-state index contributed by atoms with van der Waals surface area (Å²) >= 11 is 3.34. The molecule has 0 aromatic carbocycles. The molecule has 2 aromatic heterocycles. The molecule has 0 saturated heterocycles. The standard InChI is InChI=1S/C12H16N4S2/c1-7-12(18-9(3)15-7)8(2)16-10-5-11(17-4)14-6-13-10/h5-6,8H,1-4H3,(H,13,14,16). The summed E-state index contributed by atoms with van der Waals surface area (Å²) in [4.78, 5) is 14.1. The van der Waals surface area contributed by atoms with Gasteiger partial charge in [-0.25, -0.2) is 15.0 Å². The SMILES string of the molecule is CSc1cc(NC(C)c2sc(C)nc2C)ncn1. The molecule has 2 rings (SSSR count). The second-order valence-corrected chi connectivity index (χ2v) is 6.06. The van der Waals surface area contributed by atoms with Crippen molar-refractivity contribution in [2.75, 3.05) is 11.6 Å². The summed E-state index contributed by atoms with van der Waals surface area (Å²) in [5.41, 5.74) is 1.09. The van der Waals surface area contributed by atoms with Crippen LogP contribution < -0.4 is 5.32 Å². The Morgan fingerprint density at radius 2 is 2.11 bits per heavy atom. The van der Waals surface area contributed by atoms with Gasteiger partial charge in [0.05, 0.1) is 16.7 Å². The van der Waals surface area contributed by atoms with Gasteiger partial charge in [-0.2, -0.15) is 0 Å². The van der Waals surface area contributed by atoms with Crippen molar-refractivity contribution in [1.82, 2.24) is 15.0 Å². The highest BCUT2D eigenvalue weighted by atomic mass is 32.2. The van der Waals surface area contributed by atoms with Crippen molar-refractivity contribution >= 4 is 28.9 Å². The van der Waals surface area contributed by atoms with Crippen LogP contribution in [-0.4, -0.2) is 21.2 Å². The fourth-order valence-electron chi connectivity index (χ4n) is 1.77. The van der Waals surface area contributed by atoms with Gasteiger partial charge in [0.25, 0.3) is 0 Å². The number of hydrogen-bond donors (Lipinski definition) is 1. The van der Waals surface area contributed by atoms with Crippen molar-refractivity contribution in [2.45, 2.75) is 31.8 Å². The molecule has 0 radical (unpaired) electrons. The Kier molecular flexibility index (Phi) is 4.19. The van der Waals surface area contributed by atoms with Gasteiger partial charge < -0.3 is 5.32 Å². The number of hydrogen-bond acceptors (Lipinski definition) is 6. The van der Waals surface area contributed by atoms with Crippen molar-refractivity contribution < 1.29 is 0 Å². The highest BCUT2D eigenvalue weighted by Crippen LogP contribution is 2.27. The van der Waals surface area contributed by atoms with Crippen molar-refractivity contribution in [3.63, 3.8) is 0 Å². The minimum Gasteiger partial charge on any atom is -0.363 e. The Bertz CT molecular complexity index is 539. The number of aryl methyl sites for hydroxylation is 2. The lowest BCUT2D eigenvalue weighted by atomic mass is 10.2. The van der Waals surface area contributed by atoms with E-state index < -0.39 is 0 Å². The highest BCUT2D eigenvalue weighted by Gasteiger charge is 2.13. The van der Waals surface area contributed by atoms with Gasteiger partial charge in [-0.1, -0.05) is 0 Å². The predicted molar refractivity (Wildman–Crippen MR) is 77.4 cm³/mol. The van der Waals surface area contributed by atoms with E-state index in [4.69, 9.17) is 0 Å². The molecule has 0 saturated carbocycles. The summed E-state index contributed by atoms with van der Waals surface area (Å²) in [5.74, 6) is 0.854. The van der Waals surface area contributed by atoms with Crippen molar-refractivity contribution in [3.05, 3.63) is 28.0 Å². The lowest BCUT2D eigenvalue weighted by Crippen LogP contribution is -2.07. The number of anilines is 1. The number of thiazole rings is 1. The zero-order valence-corrected chi connectivity index (χ0v) is 12.5. The molecule has 96 valence electrons. The quantitative estimate of drug-likeness (QED) is 0.686. The topological polar surface area (TPSA) is 50.7 Å². The Hall–Kier alpha value is -1.14. The molecule has 0 aliphatic rings. The summed E-state index contributed by atoms with van der Waals surface area (Å²) in [6, 6.07) is 2.17. The lowest BCUT2D eigenvalue weighted by molar-refractivity contribution is 0.871. The fraction of sp³-hybridized carbons (Fsp3) is 0.417. The zero-order valence-electron chi connectivity index (χ0n) is 10.9. The molecule has 2 heterocycles. The second kappa shape index (κ2) is 5.67. The van der Waals surface area contributed by atoms with Crippen molar-refractivity contribution in [1.29, 1.82) is 0 Å². The van der Waals surface area contributed by atoms with Gasteiger partial charge in [0.15, 0.2) is 0 Å². The molecule has 4 nitrogen and oxygen atoms in total. The van der Waals surface area contributed by atoms with E-state index in [1.165, 1.54) is 4.88 Å². The third-order valence-corrected chi connectivity index (χ3v) is 4.45. The van der Waals surface area contributed by atoms with Gasteiger partial charge in [0, 0.05) is 10.9 Å².